The number of carbonyl (C=O) groups is 2. The quantitative estimate of drug-likeness (QED) is 0.911. The molecule has 2 heterocycles. The fourth-order valence-corrected chi connectivity index (χ4v) is 2.83. The van der Waals surface area contributed by atoms with E-state index in [1.807, 2.05) is 6.92 Å². The second kappa shape index (κ2) is 4.92. The molecule has 1 N–H and O–H groups in total. The summed E-state index contributed by atoms with van der Waals surface area (Å²) in [5.74, 6) is -0.636. The molecular weight excluding hydrogens is 260 g/mol. The molecule has 1 aliphatic heterocycles. The van der Waals surface area contributed by atoms with Crippen LogP contribution in [0.2, 0.25) is 0 Å². The summed E-state index contributed by atoms with van der Waals surface area (Å²) in [7, 11) is 0. The fraction of sp³-hybridized carbons (Fsp3) is 0.643. The molecule has 0 radical (unpaired) electrons. The maximum atomic E-state index is 12.5. The van der Waals surface area contributed by atoms with E-state index in [4.69, 9.17) is 4.52 Å². The minimum Gasteiger partial charge on any atom is -0.481 e. The van der Waals surface area contributed by atoms with E-state index >= 15 is 0 Å². The number of rotatable bonds is 3. The Kier molecular flexibility index (Phi) is 3.58. The number of carboxylic acids is 1. The minimum absolute atomic E-state index is 0.0654. The maximum absolute atomic E-state index is 12.5. The average Bonchev–Trinajstić information content (AvgIpc) is 2.93. The smallest absolute Gasteiger partial charge is 0.311 e. The van der Waals surface area contributed by atoms with Crippen LogP contribution >= 0.6 is 0 Å². The highest BCUT2D eigenvalue weighted by molar-refractivity contribution is 5.85. The predicted octanol–water partition coefficient (Wildman–Crippen LogP) is 1.72. The first-order chi connectivity index (χ1) is 9.26. The van der Waals surface area contributed by atoms with Crippen molar-refractivity contribution in [3.05, 3.63) is 17.0 Å². The van der Waals surface area contributed by atoms with E-state index in [0.717, 1.165) is 5.56 Å². The largest absolute Gasteiger partial charge is 0.481 e. The number of nitrogens with zero attached hydrogens (tertiary/aromatic N) is 2. The second-order valence-electron chi connectivity index (χ2n) is 5.84. The van der Waals surface area contributed by atoms with Crippen LogP contribution in [0, 0.1) is 19.3 Å². The van der Waals surface area contributed by atoms with Crippen LogP contribution in [0.25, 0.3) is 0 Å². The molecule has 6 heteroatoms. The Morgan fingerprint density at radius 2 is 2.10 bits per heavy atom. The van der Waals surface area contributed by atoms with Crippen LogP contribution in [0.15, 0.2) is 4.52 Å². The molecule has 1 aliphatic rings. The number of likely N-dealkylation sites (tertiary alicyclic amines) is 1. The van der Waals surface area contributed by atoms with Gasteiger partial charge in [-0.25, -0.2) is 0 Å². The van der Waals surface area contributed by atoms with Gasteiger partial charge in [0, 0.05) is 18.7 Å². The second-order valence-corrected chi connectivity index (χ2v) is 5.84. The van der Waals surface area contributed by atoms with Gasteiger partial charge in [-0.15, -0.1) is 0 Å². The topological polar surface area (TPSA) is 83.6 Å². The molecule has 2 atom stereocenters. The minimum atomic E-state index is -0.849. The zero-order valence-electron chi connectivity index (χ0n) is 12.3. The maximum Gasteiger partial charge on any atom is 0.311 e. The average molecular weight is 280 g/mol. The van der Waals surface area contributed by atoms with Gasteiger partial charge in [0.2, 0.25) is 5.91 Å². The Bertz CT molecular complexity index is 532. The molecule has 110 valence electrons. The summed E-state index contributed by atoms with van der Waals surface area (Å²) in [6.45, 7) is 7.82. The number of hydrogen-bond donors (Lipinski definition) is 1. The van der Waals surface area contributed by atoms with Gasteiger partial charge in [0.1, 0.15) is 5.76 Å². The van der Waals surface area contributed by atoms with Crippen molar-refractivity contribution in [1.29, 1.82) is 0 Å². The highest BCUT2D eigenvalue weighted by Crippen LogP contribution is 2.33. The van der Waals surface area contributed by atoms with Crippen LogP contribution in [-0.4, -0.2) is 40.1 Å². The summed E-state index contributed by atoms with van der Waals surface area (Å²) >= 11 is 0. The molecule has 0 spiro atoms. The molecule has 2 rings (SSSR count). The Morgan fingerprint density at radius 1 is 1.45 bits per heavy atom. The lowest BCUT2D eigenvalue weighted by atomic mass is 9.90. The SMILES string of the molecule is Cc1noc(C)c1C(C)C(=O)N1CCC(C)(C(=O)O)C1. The first-order valence-electron chi connectivity index (χ1n) is 6.71. The van der Waals surface area contributed by atoms with E-state index in [-0.39, 0.29) is 18.4 Å². The van der Waals surface area contributed by atoms with Crippen LogP contribution < -0.4 is 0 Å². The molecule has 0 bridgehead atoms. The lowest BCUT2D eigenvalue weighted by Crippen LogP contribution is -2.37. The van der Waals surface area contributed by atoms with Crippen molar-refractivity contribution in [3.63, 3.8) is 0 Å². The highest BCUT2D eigenvalue weighted by atomic mass is 16.5. The number of aryl methyl sites for hydroxylation is 2. The van der Waals surface area contributed by atoms with Gasteiger partial charge in [-0.1, -0.05) is 5.16 Å². The summed E-state index contributed by atoms with van der Waals surface area (Å²) in [4.78, 5) is 25.4. The molecule has 20 heavy (non-hydrogen) atoms. The van der Waals surface area contributed by atoms with Gasteiger partial charge in [0.25, 0.3) is 0 Å². The Labute approximate surface area is 117 Å². The van der Waals surface area contributed by atoms with Gasteiger partial charge >= 0.3 is 5.97 Å². The summed E-state index contributed by atoms with van der Waals surface area (Å²) in [5, 5.41) is 13.1. The van der Waals surface area contributed by atoms with E-state index < -0.39 is 11.4 Å². The van der Waals surface area contributed by atoms with Gasteiger partial charge in [-0.05, 0) is 34.1 Å². The van der Waals surface area contributed by atoms with E-state index in [1.54, 1.807) is 25.7 Å². The first-order valence-corrected chi connectivity index (χ1v) is 6.71. The molecule has 1 saturated heterocycles. The lowest BCUT2D eigenvalue weighted by Gasteiger charge is -2.23. The highest BCUT2D eigenvalue weighted by Gasteiger charge is 2.43. The monoisotopic (exact) mass is 280 g/mol. The molecule has 6 nitrogen and oxygen atoms in total. The molecule has 1 amide bonds. The van der Waals surface area contributed by atoms with Gasteiger partial charge < -0.3 is 14.5 Å². The zero-order chi connectivity index (χ0) is 15.1. The normalized spacial score (nSPS) is 23.9. The summed E-state index contributed by atoms with van der Waals surface area (Å²) < 4.78 is 5.09. The zero-order valence-corrected chi connectivity index (χ0v) is 12.3. The van der Waals surface area contributed by atoms with Gasteiger partial charge in [-0.2, -0.15) is 0 Å². The van der Waals surface area contributed by atoms with Crippen LogP contribution in [-0.2, 0) is 9.59 Å². The lowest BCUT2D eigenvalue weighted by molar-refractivity contribution is -0.147. The molecule has 0 aliphatic carbocycles. The van der Waals surface area contributed by atoms with Crippen LogP contribution in [0.1, 0.15) is 43.2 Å². The number of carbonyl (C=O) groups excluding carboxylic acids is 1. The predicted molar refractivity (Wildman–Crippen MR) is 71.3 cm³/mol. The Hall–Kier alpha value is -1.85. The first kappa shape index (κ1) is 14.6. The molecule has 1 fully saturated rings. The molecule has 2 unspecified atom stereocenters. The van der Waals surface area contributed by atoms with E-state index in [9.17, 15) is 14.7 Å². The van der Waals surface area contributed by atoms with E-state index in [0.29, 0.717) is 24.4 Å². The van der Waals surface area contributed by atoms with Gasteiger partial charge in [0.05, 0.1) is 17.0 Å². The van der Waals surface area contributed by atoms with E-state index in [1.165, 1.54) is 0 Å². The molecular formula is C14H20N2O4. The number of carboxylic acid groups (broad SMARTS) is 1. The van der Waals surface area contributed by atoms with Crippen molar-refractivity contribution >= 4 is 11.9 Å². The molecule has 1 aromatic heterocycles. The number of hydrogen-bond acceptors (Lipinski definition) is 4. The van der Waals surface area contributed by atoms with Crippen LogP contribution in [0.5, 0.6) is 0 Å². The number of aliphatic carboxylic acids is 1. The summed E-state index contributed by atoms with van der Waals surface area (Å²) in [5.41, 5.74) is 0.677. The third-order valence-electron chi connectivity index (χ3n) is 4.19. The summed E-state index contributed by atoms with van der Waals surface area (Å²) in [6.07, 6.45) is 0.488. The number of aromatic nitrogens is 1. The van der Waals surface area contributed by atoms with Crippen LogP contribution in [0.4, 0.5) is 0 Å². The third-order valence-corrected chi connectivity index (χ3v) is 4.19. The third kappa shape index (κ3) is 2.30. The molecule has 0 saturated carbocycles. The van der Waals surface area contributed by atoms with Crippen molar-refractivity contribution in [1.82, 2.24) is 10.1 Å². The Morgan fingerprint density at radius 3 is 2.55 bits per heavy atom. The fourth-order valence-electron chi connectivity index (χ4n) is 2.83. The standard InChI is InChI=1S/C14H20N2O4/c1-8(11-9(2)15-20-10(11)3)12(17)16-6-5-14(4,7-16)13(18)19/h8H,5-7H2,1-4H3,(H,18,19). The van der Waals surface area contributed by atoms with Crippen molar-refractivity contribution in [3.8, 4) is 0 Å². The number of amides is 1. The van der Waals surface area contributed by atoms with Crippen molar-refractivity contribution in [2.45, 2.75) is 40.0 Å². The van der Waals surface area contributed by atoms with E-state index in [2.05, 4.69) is 5.16 Å². The summed E-state index contributed by atoms with van der Waals surface area (Å²) in [6, 6.07) is 0. The van der Waals surface area contributed by atoms with Gasteiger partial charge in [0.15, 0.2) is 0 Å². The Balaban J connectivity index is 2.16. The molecule has 0 aromatic carbocycles. The van der Waals surface area contributed by atoms with Crippen molar-refractivity contribution in [2.24, 2.45) is 5.41 Å². The van der Waals surface area contributed by atoms with Crippen LogP contribution in [0.3, 0.4) is 0 Å². The molecule has 1 aromatic rings. The van der Waals surface area contributed by atoms with Gasteiger partial charge in [-0.3, -0.25) is 9.59 Å². The van der Waals surface area contributed by atoms with Crippen molar-refractivity contribution < 1.29 is 19.2 Å². The van der Waals surface area contributed by atoms with Crippen molar-refractivity contribution in [2.75, 3.05) is 13.1 Å².